The van der Waals surface area contributed by atoms with Crippen molar-refractivity contribution in [2.45, 2.75) is 38.8 Å². The zero-order valence-electron chi connectivity index (χ0n) is 21.3. The van der Waals surface area contributed by atoms with Crippen LogP contribution in [-0.2, 0) is 14.8 Å². The van der Waals surface area contributed by atoms with Crippen LogP contribution in [0.1, 0.15) is 38.1 Å². The molecule has 2 rings (SSSR count). The number of nitrogens with one attached hydrogen (secondary N) is 1. The van der Waals surface area contributed by atoms with E-state index in [0.717, 1.165) is 0 Å². The van der Waals surface area contributed by atoms with Gasteiger partial charge in [-0.05, 0) is 48.2 Å². The van der Waals surface area contributed by atoms with Crippen LogP contribution in [0.2, 0.25) is 5.02 Å². The summed E-state index contributed by atoms with van der Waals surface area (Å²) in [6, 6.07) is 8.66. The van der Waals surface area contributed by atoms with Crippen LogP contribution >= 0.6 is 11.6 Å². The van der Waals surface area contributed by atoms with Crippen molar-refractivity contribution in [2.24, 2.45) is 11.8 Å². The highest BCUT2D eigenvalue weighted by Gasteiger charge is 2.38. The average Bonchev–Trinajstić information content (AvgIpc) is 2.77. The number of halogens is 4. The van der Waals surface area contributed by atoms with Gasteiger partial charge in [-0.25, -0.2) is 18.0 Å². The van der Waals surface area contributed by atoms with Gasteiger partial charge in [0.05, 0.1) is 28.3 Å². The monoisotopic (exact) mass is 582 g/mol. The highest BCUT2D eigenvalue weighted by Crippen LogP contribution is 2.30. The van der Waals surface area contributed by atoms with E-state index in [0.29, 0.717) is 36.4 Å². The molecule has 0 heterocycles. The first-order valence-electron chi connectivity index (χ1n) is 11.2. The fourth-order valence-corrected chi connectivity index (χ4v) is 4.63. The van der Waals surface area contributed by atoms with Gasteiger partial charge in [-0.1, -0.05) is 39.3 Å². The van der Waals surface area contributed by atoms with Crippen molar-refractivity contribution >= 4 is 44.9 Å². The first-order chi connectivity index (χ1) is 17.4. The predicted molar refractivity (Wildman–Crippen MR) is 138 cm³/mol. The average molecular weight is 583 g/mol. The molecule has 0 unspecified atom stereocenters. The van der Waals surface area contributed by atoms with Gasteiger partial charge in [-0.15, -0.1) is 0 Å². The minimum absolute atomic E-state index is 0.0364. The van der Waals surface area contributed by atoms with Gasteiger partial charge in [0.2, 0.25) is 0 Å². The number of ether oxygens (including phenoxy) is 1. The number of hydrogen-bond acceptors (Lipinski definition) is 6. The lowest BCUT2D eigenvalue weighted by molar-refractivity contribution is -0.192. The Balaban J connectivity index is 0.000000905. The summed E-state index contributed by atoms with van der Waals surface area (Å²) in [7, 11) is -2.54. The normalized spacial score (nSPS) is 11.6. The van der Waals surface area contributed by atoms with Crippen molar-refractivity contribution in [3.8, 4) is 5.75 Å². The van der Waals surface area contributed by atoms with Gasteiger partial charge in [0.25, 0.3) is 10.0 Å². The van der Waals surface area contributed by atoms with Gasteiger partial charge >= 0.3 is 18.1 Å². The molecule has 0 atom stereocenters. The molecule has 0 fully saturated rings. The maximum absolute atomic E-state index is 12.8. The maximum Gasteiger partial charge on any atom is 0.490 e. The zero-order valence-corrected chi connectivity index (χ0v) is 22.9. The van der Waals surface area contributed by atoms with Gasteiger partial charge in [-0.3, -0.25) is 4.72 Å². The number of aromatic carboxylic acids is 1. The molecule has 0 radical (unpaired) electrons. The topological polar surface area (TPSA) is 133 Å². The molecular weight excluding hydrogens is 553 g/mol. The molecule has 0 aromatic heterocycles. The van der Waals surface area contributed by atoms with Crippen LogP contribution in [0.5, 0.6) is 5.75 Å². The van der Waals surface area contributed by atoms with Crippen molar-refractivity contribution in [1.82, 2.24) is 0 Å². The second kappa shape index (κ2) is 13.6. The summed E-state index contributed by atoms with van der Waals surface area (Å²) >= 11 is 6.04. The smallest absolute Gasteiger partial charge is 0.490 e. The number of benzene rings is 2. The van der Waals surface area contributed by atoms with Gasteiger partial charge in [-0.2, -0.15) is 13.2 Å². The number of carbonyl (C=O) groups is 2. The van der Waals surface area contributed by atoms with E-state index >= 15 is 0 Å². The Morgan fingerprint density at radius 1 is 1.03 bits per heavy atom. The number of carboxylic acid groups (broad SMARTS) is 2. The molecule has 3 N–H and O–H groups in total. The van der Waals surface area contributed by atoms with Crippen LogP contribution in [0.25, 0.3) is 0 Å². The second-order valence-electron chi connectivity index (χ2n) is 8.93. The van der Waals surface area contributed by atoms with E-state index in [1.54, 1.807) is 12.1 Å². The van der Waals surface area contributed by atoms with E-state index in [4.69, 9.17) is 26.2 Å². The van der Waals surface area contributed by atoms with Gasteiger partial charge in [0, 0.05) is 18.8 Å². The molecule has 0 saturated carbocycles. The number of rotatable bonds is 10. The molecule has 2 aromatic carbocycles. The molecule has 38 heavy (non-hydrogen) atoms. The van der Waals surface area contributed by atoms with Crippen LogP contribution in [0.15, 0.2) is 41.3 Å². The van der Waals surface area contributed by atoms with E-state index < -0.39 is 28.1 Å². The molecule has 9 nitrogen and oxygen atoms in total. The summed E-state index contributed by atoms with van der Waals surface area (Å²) in [5.74, 6) is -2.86. The van der Waals surface area contributed by atoms with Crippen LogP contribution in [0.3, 0.4) is 0 Å². The molecule has 0 aliphatic rings. The lowest BCUT2D eigenvalue weighted by atomic mass is 10.1. The molecule has 0 aliphatic heterocycles. The van der Waals surface area contributed by atoms with Crippen LogP contribution in [-0.4, -0.2) is 56.9 Å². The number of anilines is 2. The summed E-state index contributed by atoms with van der Waals surface area (Å²) in [5.41, 5.74) is 0.752. The zero-order chi connectivity index (χ0) is 29.4. The van der Waals surface area contributed by atoms with Crippen LogP contribution < -0.4 is 14.4 Å². The Hall–Kier alpha value is -3.19. The molecule has 14 heteroatoms. The Labute approximate surface area is 224 Å². The summed E-state index contributed by atoms with van der Waals surface area (Å²) in [4.78, 5) is 22.8. The molecule has 0 bridgehead atoms. The molecule has 212 valence electrons. The fraction of sp³-hybridized carbons (Fsp3) is 0.417. The Bertz CT molecular complexity index is 1230. The summed E-state index contributed by atoms with van der Waals surface area (Å²) in [6.07, 6.45) is -5.08. The third-order valence-corrected chi connectivity index (χ3v) is 6.34. The lowest BCUT2D eigenvalue weighted by Gasteiger charge is -2.30. The van der Waals surface area contributed by atoms with Crippen LogP contribution in [0.4, 0.5) is 24.5 Å². The first-order valence-corrected chi connectivity index (χ1v) is 13.0. The number of sulfonamides is 1. The van der Waals surface area contributed by atoms with Gasteiger partial charge in [0.1, 0.15) is 5.75 Å². The molecule has 0 aliphatic carbocycles. The number of carboxylic acids is 2. The van der Waals surface area contributed by atoms with Crippen molar-refractivity contribution in [1.29, 1.82) is 0 Å². The van der Waals surface area contributed by atoms with E-state index in [9.17, 15) is 31.5 Å². The van der Waals surface area contributed by atoms with Gasteiger partial charge in [0.15, 0.2) is 0 Å². The molecule has 0 saturated heterocycles. The summed E-state index contributed by atoms with van der Waals surface area (Å²) in [5, 5.41) is 17.1. The third-order valence-electron chi connectivity index (χ3n) is 4.67. The number of aliphatic carboxylic acids is 1. The van der Waals surface area contributed by atoms with E-state index in [2.05, 4.69) is 32.4 Å². The standard InChI is InChI=1S/C22H29ClN2O5S.C2HF3O2/c1-14(2)12-25(13-15(3)4)20-8-6-16(10-18(20)22(26)27)24-31(28,29)17-7-9-21(30-5)19(23)11-17;3-2(4,5)1(6)7/h6-11,14-15,24H,12-13H2,1-5H3,(H,26,27);(H,6,7). The Kier molecular flexibility index (Phi) is 11.7. The van der Waals surface area contributed by atoms with Crippen molar-refractivity contribution in [2.75, 3.05) is 29.8 Å². The SMILES string of the molecule is COc1ccc(S(=O)(=O)Nc2ccc(N(CC(C)C)CC(C)C)c(C(=O)O)c2)cc1Cl.O=C(O)C(F)(F)F. The number of alkyl halides is 3. The number of hydrogen-bond donors (Lipinski definition) is 3. The van der Waals surface area contributed by atoms with Crippen LogP contribution in [0, 0.1) is 11.8 Å². The predicted octanol–water partition coefficient (Wildman–Crippen LogP) is 5.60. The molecule has 0 spiro atoms. The lowest BCUT2D eigenvalue weighted by Crippen LogP contribution is -2.32. The molecular formula is C24H30ClF3N2O7S. The minimum Gasteiger partial charge on any atom is -0.495 e. The second-order valence-corrected chi connectivity index (χ2v) is 11.0. The molecule has 0 amide bonds. The van der Waals surface area contributed by atoms with E-state index in [1.807, 2.05) is 4.90 Å². The fourth-order valence-electron chi connectivity index (χ4n) is 3.23. The quantitative estimate of drug-likeness (QED) is 0.330. The third kappa shape index (κ3) is 9.93. The highest BCUT2D eigenvalue weighted by molar-refractivity contribution is 7.92. The van der Waals surface area contributed by atoms with Crippen molar-refractivity contribution in [3.63, 3.8) is 0 Å². The van der Waals surface area contributed by atoms with E-state index in [1.165, 1.54) is 31.4 Å². The Morgan fingerprint density at radius 2 is 1.55 bits per heavy atom. The number of methoxy groups -OCH3 is 1. The van der Waals surface area contributed by atoms with Crippen molar-refractivity contribution in [3.05, 3.63) is 47.0 Å². The Morgan fingerprint density at radius 3 is 1.95 bits per heavy atom. The largest absolute Gasteiger partial charge is 0.495 e. The summed E-state index contributed by atoms with van der Waals surface area (Å²) < 4.78 is 64.8. The maximum atomic E-state index is 12.8. The highest BCUT2D eigenvalue weighted by atomic mass is 35.5. The van der Waals surface area contributed by atoms with Gasteiger partial charge < -0.3 is 19.8 Å². The molecule has 2 aromatic rings. The number of nitrogens with zero attached hydrogens (tertiary/aromatic N) is 1. The minimum atomic E-state index is -5.08. The van der Waals surface area contributed by atoms with Crippen molar-refractivity contribution < 1.29 is 46.1 Å². The first kappa shape index (κ1) is 32.8. The summed E-state index contributed by atoms with van der Waals surface area (Å²) in [6.45, 7) is 9.64. The van der Waals surface area contributed by atoms with E-state index in [-0.39, 0.29) is 21.2 Å².